The van der Waals surface area contributed by atoms with Gasteiger partial charge in [-0.25, -0.2) is 0 Å². The molecule has 0 amide bonds. The molecule has 0 rings (SSSR count). The van der Waals surface area contributed by atoms with Crippen LogP contribution in [0, 0.1) is 0 Å². The van der Waals surface area contributed by atoms with Crippen LogP contribution in [0.1, 0.15) is 6.42 Å². The summed E-state index contributed by atoms with van der Waals surface area (Å²) >= 11 is 0.799. The first-order chi connectivity index (χ1) is 5.88. The van der Waals surface area contributed by atoms with Crippen LogP contribution in [0.4, 0.5) is 30.7 Å². The molecule has 0 bridgehead atoms. The van der Waals surface area contributed by atoms with Crippen molar-refractivity contribution in [1.82, 2.24) is 0 Å². The van der Waals surface area contributed by atoms with Gasteiger partial charge in [0.05, 0.1) is 0 Å². The van der Waals surface area contributed by atoms with Crippen molar-refractivity contribution < 1.29 is 30.7 Å². The van der Waals surface area contributed by atoms with Gasteiger partial charge in [-0.2, -0.15) is 30.7 Å². The van der Waals surface area contributed by atoms with Gasteiger partial charge in [-0.3, -0.25) is 0 Å². The highest BCUT2D eigenvalue weighted by atomic mass is 127. The molecular formula is C5H3F7I2. The van der Waals surface area contributed by atoms with Crippen molar-refractivity contribution in [3.05, 3.63) is 0 Å². The third-order valence-corrected chi connectivity index (χ3v) is 3.14. The van der Waals surface area contributed by atoms with Crippen LogP contribution in [0.25, 0.3) is 0 Å². The minimum absolute atomic E-state index is 0.127. The van der Waals surface area contributed by atoms with Crippen LogP contribution in [0.5, 0.6) is 0 Å². The first kappa shape index (κ1) is 15.0. The molecule has 0 fully saturated rings. The minimum atomic E-state index is -4.90. The van der Waals surface area contributed by atoms with Gasteiger partial charge in [0.1, 0.15) is 3.92 Å². The molecule has 1 atom stereocenters. The maximum absolute atomic E-state index is 12.4. The number of hydrogen-bond acceptors (Lipinski definition) is 0. The van der Waals surface area contributed by atoms with E-state index < -0.39 is 26.4 Å². The zero-order valence-corrected chi connectivity index (χ0v) is 10.5. The van der Waals surface area contributed by atoms with Crippen LogP contribution in [-0.4, -0.2) is 20.0 Å². The molecule has 0 spiro atoms. The summed E-state index contributed by atoms with van der Waals surface area (Å²) < 4.78 is 77.5. The van der Waals surface area contributed by atoms with E-state index in [0.29, 0.717) is 22.6 Å². The molecule has 0 saturated heterocycles. The number of alkyl halides is 9. The molecule has 86 valence electrons. The van der Waals surface area contributed by atoms with E-state index in [-0.39, 0.29) is 22.6 Å². The third-order valence-electron chi connectivity index (χ3n) is 1.21. The average molecular weight is 450 g/mol. The zero-order valence-electron chi connectivity index (χ0n) is 6.19. The monoisotopic (exact) mass is 450 g/mol. The molecule has 0 aromatic carbocycles. The van der Waals surface area contributed by atoms with E-state index in [9.17, 15) is 30.7 Å². The lowest BCUT2D eigenvalue weighted by atomic mass is 10.2. The maximum atomic E-state index is 12.4. The lowest BCUT2D eigenvalue weighted by Crippen LogP contribution is -2.40. The van der Waals surface area contributed by atoms with Crippen molar-refractivity contribution in [3.63, 3.8) is 0 Å². The molecule has 14 heavy (non-hydrogen) atoms. The van der Waals surface area contributed by atoms with Crippen molar-refractivity contribution in [2.45, 2.75) is 26.4 Å². The Bertz CT molecular complexity index is 193. The SMILES string of the molecule is FC(F)(F)C(I)CC(F)(F)C(F)(F)I. The van der Waals surface area contributed by atoms with Gasteiger partial charge in [0.25, 0.3) is 0 Å². The summed E-state index contributed by atoms with van der Waals surface area (Å²) in [6.07, 6.45) is -6.82. The van der Waals surface area contributed by atoms with Crippen LogP contribution in [0.3, 0.4) is 0 Å². The Morgan fingerprint density at radius 3 is 1.50 bits per heavy atom. The quantitative estimate of drug-likeness (QED) is 0.340. The Hall–Kier alpha value is 0.970. The van der Waals surface area contributed by atoms with Crippen LogP contribution in [0.2, 0.25) is 0 Å². The molecule has 0 radical (unpaired) electrons. The van der Waals surface area contributed by atoms with Crippen molar-refractivity contribution in [3.8, 4) is 0 Å². The summed E-state index contributed by atoms with van der Waals surface area (Å²) in [6.45, 7) is 0. The molecule has 0 aliphatic rings. The molecule has 9 heteroatoms. The maximum Gasteiger partial charge on any atom is 0.400 e. The molecule has 0 aliphatic carbocycles. The molecular weight excluding hydrogens is 447 g/mol. The largest absolute Gasteiger partial charge is 0.400 e. The standard InChI is InChI=1S/C5H3F7I2/c6-3(7,5(11,12)14)1-2(13)4(8,9)10/h2H,1H2. The molecule has 0 aliphatic heterocycles. The fourth-order valence-corrected chi connectivity index (χ4v) is 1.23. The van der Waals surface area contributed by atoms with E-state index in [2.05, 4.69) is 0 Å². The summed E-state index contributed by atoms with van der Waals surface area (Å²) in [4.78, 5) is 0. The summed E-state index contributed by atoms with van der Waals surface area (Å²) in [5, 5.41) is 0. The lowest BCUT2D eigenvalue weighted by Gasteiger charge is -2.24. The van der Waals surface area contributed by atoms with Gasteiger partial charge in [0.15, 0.2) is 0 Å². The Morgan fingerprint density at radius 2 is 1.29 bits per heavy atom. The highest BCUT2D eigenvalue weighted by molar-refractivity contribution is 14.1. The summed E-state index contributed by atoms with van der Waals surface area (Å²) in [5.41, 5.74) is 0. The summed E-state index contributed by atoms with van der Waals surface area (Å²) in [7, 11) is 0. The highest BCUT2D eigenvalue weighted by Crippen LogP contribution is 2.46. The average Bonchev–Trinajstić information content (AvgIpc) is 1.80. The molecule has 0 N–H and O–H groups in total. The van der Waals surface area contributed by atoms with Crippen molar-refractivity contribution >= 4 is 45.2 Å². The summed E-state index contributed by atoms with van der Waals surface area (Å²) in [6, 6.07) is 0. The van der Waals surface area contributed by atoms with Gasteiger partial charge in [-0.15, -0.1) is 0 Å². The second-order valence-corrected chi connectivity index (χ2v) is 5.27. The number of rotatable bonds is 3. The van der Waals surface area contributed by atoms with Gasteiger partial charge < -0.3 is 0 Å². The number of halogens is 9. The fourth-order valence-electron chi connectivity index (χ4n) is 0.457. The van der Waals surface area contributed by atoms with Gasteiger partial charge in [-0.1, -0.05) is 22.6 Å². The van der Waals surface area contributed by atoms with E-state index >= 15 is 0 Å². The van der Waals surface area contributed by atoms with E-state index in [4.69, 9.17) is 0 Å². The summed E-state index contributed by atoms with van der Waals surface area (Å²) in [5.74, 6) is -4.66. The Labute approximate surface area is 102 Å². The third kappa shape index (κ3) is 4.23. The molecule has 0 aromatic heterocycles. The first-order valence-corrected chi connectivity index (χ1v) is 5.35. The first-order valence-electron chi connectivity index (χ1n) is 3.03. The molecule has 0 nitrogen and oxygen atoms in total. The van der Waals surface area contributed by atoms with E-state index in [0.717, 1.165) is 0 Å². The predicted molar refractivity (Wildman–Crippen MR) is 52.4 cm³/mol. The smallest absolute Gasteiger partial charge is 0.199 e. The highest BCUT2D eigenvalue weighted by Gasteiger charge is 2.57. The topological polar surface area (TPSA) is 0 Å². The van der Waals surface area contributed by atoms with Crippen LogP contribution < -0.4 is 0 Å². The van der Waals surface area contributed by atoms with Gasteiger partial charge in [0.2, 0.25) is 0 Å². The molecule has 0 aromatic rings. The number of hydrogen-bond donors (Lipinski definition) is 0. The van der Waals surface area contributed by atoms with Crippen LogP contribution in [0.15, 0.2) is 0 Å². The van der Waals surface area contributed by atoms with Gasteiger partial charge >= 0.3 is 16.0 Å². The zero-order chi connectivity index (χ0) is 11.8. The Kier molecular flexibility index (Phi) is 4.76. The Morgan fingerprint density at radius 1 is 0.929 bits per heavy atom. The van der Waals surface area contributed by atoms with E-state index in [1.54, 1.807) is 0 Å². The second-order valence-electron chi connectivity index (χ2n) is 2.42. The molecule has 0 saturated carbocycles. The second kappa shape index (κ2) is 4.45. The lowest BCUT2D eigenvalue weighted by molar-refractivity contribution is -0.175. The van der Waals surface area contributed by atoms with Crippen LogP contribution in [-0.2, 0) is 0 Å². The molecule has 1 unspecified atom stereocenters. The van der Waals surface area contributed by atoms with Crippen LogP contribution >= 0.6 is 45.2 Å². The van der Waals surface area contributed by atoms with Gasteiger partial charge in [-0.05, 0) is 0 Å². The minimum Gasteiger partial charge on any atom is -0.199 e. The van der Waals surface area contributed by atoms with Crippen molar-refractivity contribution in [2.24, 2.45) is 0 Å². The van der Waals surface area contributed by atoms with Gasteiger partial charge in [0, 0.05) is 29.0 Å². The normalized spacial score (nSPS) is 16.9. The molecule has 0 heterocycles. The van der Waals surface area contributed by atoms with E-state index in [1.807, 2.05) is 0 Å². The van der Waals surface area contributed by atoms with E-state index in [1.165, 1.54) is 0 Å². The predicted octanol–water partition coefficient (Wildman–Crippen LogP) is 4.41. The van der Waals surface area contributed by atoms with Crippen molar-refractivity contribution in [2.75, 3.05) is 0 Å². The fraction of sp³-hybridized carbons (Fsp3) is 1.00. The Balaban J connectivity index is 4.53. The van der Waals surface area contributed by atoms with Crippen molar-refractivity contribution in [1.29, 1.82) is 0 Å².